The van der Waals surface area contributed by atoms with Crippen LogP contribution in [0.25, 0.3) is 0 Å². The van der Waals surface area contributed by atoms with Crippen molar-refractivity contribution in [1.29, 1.82) is 0 Å². The highest BCUT2D eigenvalue weighted by molar-refractivity contribution is 7.86. The zero-order chi connectivity index (χ0) is 17.8. The summed E-state index contributed by atoms with van der Waals surface area (Å²) in [5.41, 5.74) is 0.968. The summed E-state index contributed by atoms with van der Waals surface area (Å²) in [6, 6.07) is 9.42. The van der Waals surface area contributed by atoms with Gasteiger partial charge in [0.05, 0.1) is 25.7 Å². The smallest absolute Gasteiger partial charge is 0.264 e. The molecule has 1 aromatic carbocycles. The Labute approximate surface area is 141 Å². The van der Waals surface area contributed by atoms with Gasteiger partial charge in [0.1, 0.15) is 12.2 Å². The summed E-state index contributed by atoms with van der Waals surface area (Å²) in [6.45, 7) is -0.552. The van der Waals surface area contributed by atoms with Crippen molar-refractivity contribution in [3.8, 4) is 0 Å². The lowest BCUT2D eigenvalue weighted by Crippen LogP contribution is -2.33. The Bertz CT molecular complexity index is 685. The van der Waals surface area contributed by atoms with Gasteiger partial charge >= 0.3 is 0 Å². The fourth-order valence-electron chi connectivity index (χ4n) is 2.17. The van der Waals surface area contributed by atoms with Crippen LogP contribution in [0, 0.1) is 0 Å². The van der Waals surface area contributed by atoms with Gasteiger partial charge in [0.15, 0.2) is 6.29 Å². The molecule has 1 heterocycles. The summed E-state index contributed by atoms with van der Waals surface area (Å²) in [5.74, 6) is 0. The SMILES string of the molecule is CS(=O)(=O)OC[C@@H]1OC(Cc2ccccc2)O[C@H]1COS(C)(=O)=O. The van der Waals surface area contributed by atoms with E-state index in [0.717, 1.165) is 18.1 Å². The van der Waals surface area contributed by atoms with E-state index >= 15 is 0 Å². The van der Waals surface area contributed by atoms with E-state index in [0.29, 0.717) is 6.42 Å². The van der Waals surface area contributed by atoms with Crippen molar-refractivity contribution in [3.05, 3.63) is 35.9 Å². The minimum atomic E-state index is -3.65. The van der Waals surface area contributed by atoms with Crippen molar-refractivity contribution in [1.82, 2.24) is 0 Å². The Kier molecular flexibility index (Phi) is 6.34. The van der Waals surface area contributed by atoms with Gasteiger partial charge in [-0.1, -0.05) is 30.3 Å². The zero-order valence-corrected chi connectivity index (χ0v) is 15.0. The molecule has 2 rings (SSSR count). The predicted octanol–water partition coefficient (Wildman–Crippen LogP) is 0.292. The quantitative estimate of drug-likeness (QED) is 0.593. The average Bonchev–Trinajstić information content (AvgIpc) is 2.85. The Morgan fingerprint density at radius 1 is 0.875 bits per heavy atom. The van der Waals surface area contributed by atoms with Crippen LogP contribution in [-0.2, 0) is 44.5 Å². The molecule has 1 fully saturated rings. The van der Waals surface area contributed by atoms with Crippen molar-refractivity contribution in [2.45, 2.75) is 24.9 Å². The summed E-state index contributed by atoms with van der Waals surface area (Å²) in [4.78, 5) is 0. The molecule has 0 aromatic heterocycles. The van der Waals surface area contributed by atoms with Gasteiger partial charge in [-0.2, -0.15) is 16.8 Å². The molecule has 0 unspecified atom stereocenters. The standard InChI is InChI=1S/C14H20O8S2/c1-23(15,16)19-9-12-13(10-20-24(2,17)18)22-14(21-12)8-11-6-4-3-5-7-11/h3-7,12-14H,8-10H2,1-2H3/t12-,13-/m0/s1. The molecular weight excluding hydrogens is 360 g/mol. The van der Waals surface area contributed by atoms with E-state index in [9.17, 15) is 16.8 Å². The van der Waals surface area contributed by atoms with Gasteiger partial charge in [-0.15, -0.1) is 0 Å². The minimum Gasteiger partial charge on any atom is -0.344 e. The second-order valence-electron chi connectivity index (χ2n) is 5.45. The summed E-state index contributed by atoms with van der Waals surface area (Å²) < 4.78 is 65.3. The second-order valence-corrected chi connectivity index (χ2v) is 8.73. The average molecular weight is 380 g/mol. The van der Waals surface area contributed by atoms with Crippen molar-refractivity contribution in [2.75, 3.05) is 25.7 Å². The largest absolute Gasteiger partial charge is 0.344 e. The van der Waals surface area contributed by atoms with Crippen LogP contribution in [0.5, 0.6) is 0 Å². The molecule has 1 aliphatic heterocycles. The lowest BCUT2D eigenvalue weighted by atomic mass is 10.1. The Morgan fingerprint density at radius 3 is 1.75 bits per heavy atom. The highest BCUT2D eigenvalue weighted by atomic mass is 32.2. The third-order valence-corrected chi connectivity index (χ3v) is 4.33. The van der Waals surface area contributed by atoms with Crippen molar-refractivity contribution < 1.29 is 34.7 Å². The van der Waals surface area contributed by atoms with Crippen LogP contribution < -0.4 is 0 Å². The van der Waals surface area contributed by atoms with Gasteiger partial charge in [-0.05, 0) is 5.56 Å². The maximum absolute atomic E-state index is 11.1. The van der Waals surface area contributed by atoms with Crippen LogP contribution in [0.15, 0.2) is 30.3 Å². The van der Waals surface area contributed by atoms with Crippen LogP contribution in [0.4, 0.5) is 0 Å². The lowest BCUT2D eigenvalue weighted by molar-refractivity contribution is -0.0704. The number of rotatable bonds is 8. The number of ether oxygens (including phenoxy) is 2. The number of hydrogen-bond acceptors (Lipinski definition) is 8. The molecule has 24 heavy (non-hydrogen) atoms. The molecule has 0 amide bonds. The minimum absolute atomic E-state index is 0.276. The number of benzene rings is 1. The Hall–Kier alpha value is -1.04. The van der Waals surface area contributed by atoms with E-state index in [1.54, 1.807) is 0 Å². The highest BCUT2D eigenvalue weighted by Crippen LogP contribution is 2.23. The predicted molar refractivity (Wildman–Crippen MR) is 85.3 cm³/mol. The molecule has 1 aliphatic rings. The van der Waals surface area contributed by atoms with E-state index < -0.39 is 38.7 Å². The summed E-state index contributed by atoms with van der Waals surface area (Å²) in [6.07, 6.45) is 0.128. The number of hydrogen-bond donors (Lipinski definition) is 0. The first-order valence-electron chi connectivity index (χ1n) is 7.16. The molecular formula is C14H20O8S2. The second kappa shape index (κ2) is 7.89. The van der Waals surface area contributed by atoms with Crippen LogP contribution in [0.2, 0.25) is 0 Å². The monoisotopic (exact) mass is 380 g/mol. The van der Waals surface area contributed by atoms with E-state index in [1.807, 2.05) is 30.3 Å². The summed E-state index contributed by atoms with van der Waals surface area (Å²) in [5, 5.41) is 0. The molecule has 0 N–H and O–H groups in total. The van der Waals surface area contributed by atoms with Gasteiger partial charge < -0.3 is 9.47 Å². The van der Waals surface area contributed by atoms with Gasteiger partial charge in [-0.25, -0.2) is 0 Å². The molecule has 136 valence electrons. The molecule has 0 bridgehead atoms. The molecule has 1 saturated heterocycles. The van der Waals surface area contributed by atoms with E-state index in [2.05, 4.69) is 0 Å². The fourth-order valence-corrected chi connectivity index (χ4v) is 2.94. The van der Waals surface area contributed by atoms with Crippen molar-refractivity contribution in [2.24, 2.45) is 0 Å². The van der Waals surface area contributed by atoms with Crippen LogP contribution >= 0.6 is 0 Å². The van der Waals surface area contributed by atoms with Crippen LogP contribution in [-0.4, -0.2) is 61.1 Å². The van der Waals surface area contributed by atoms with Gasteiger partial charge in [-0.3, -0.25) is 8.37 Å². The molecule has 1 aromatic rings. The Balaban J connectivity index is 2.00. The molecule has 2 atom stereocenters. The fraction of sp³-hybridized carbons (Fsp3) is 0.571. The van der Waals surface area contributed by atoms with E-state index in [-0.39, 0.29) is 13.2 Å². The molecule has 0 radical (unpaired) electrons. The molecule has 0 spiro atoms. The molecule has 8 nitrogen and oxygen atoms in total. The maximum atomic E-state index is 11.1. The van der Waals surface area contributed by atoms with Crippen LogP contribution in [0.3, 0.4) is 0 Å². The van der Waals surface area contributed by atoms with E-state index in [4.69, 9.17) is 17.8 Å². The summed E-state index contributed by atoms with van der Waals surface area (Å²) in [7, 11) is -7.30. The van der Waals surface area contributed by atoms with E-state index in [1.165, 1.54) is 0 Å². The normalized spacial score (nSPS) is 22.8. The van der Waals surface area contributed by atoms with Crippen molar-refractivity contribution in [3.63, 3.8) is 0 Å². The summed E-state index contributed by atoms with van der Waals surface area (Å²) >= 11 is 0. The molecule has 0 saturated carbocycles. The molecule has 10 heteroatoms. The van der Waals surface area contributed by atoms with Gasteiger partial charge in [0.2, 0.25) is 0 Å². The topological polar surface area (TPSA) is 105 Å². The lowest BCUT2D eigenvalue weighted by Gasteiger charge is -2.15. The highest BCUT2D eigenvalue weighted by Gasteiger charge is 2.37. The third kappa shape index (κ3) is 6.83. The van der Waals surface area contributed by atoms with Gasteiger partial charge in [0, 0.05) is 6.42 Å². The first-order valence-corrected chi connectivity index (χ1v) is 10.8. The van der Waals surface area contributed by atoms with Crippen molar-refractivity contribution >= 4 is 20.2 Å². The maximum Gasteiger partial charge on any atom is 0.264 e. The zero-order valence-electron chi connectivity index (χ0n) is 13.3. The Morgan fingerprint density at radius 2 is 1.33 bits per heavy atom. The first-order chi connectivity index (χ1) is 11.1. The first kappa shape index (κ1) is 19.3. The van der Waals surface area contributed by atoms with Crippen LogP contribution in [0.1, 0.15) is 5.56 Å². The van der Waals surface area contributed by atoms with Gasteiger partial charge in [0.25, 0.3) is 20.2 Å². The third-order valence-electron chi connectivity index (χ3n) is 3.21. The molecule has 0 aliphatic carbocycles.